The minimum Gasteiger partial charge on any atom is -0.484 e. The summed E-state index contributed by atoms with van der Waals surface area (Å²) in [6.45, 7) is -0.0783. The lowest BCUT2D eigenvalue weighted by atomic mass is 9.95. The molecule has 5 heteroatoms. The van der Waals surface area contributed by atoms with Gasteiger partial charge in [-0.15, -0.1) is 0 Å². The highest BCUT2D eigenvalue weighted by Gasteiger charge is 2.14. The van der Waals surface area contributed by atoms with Crippen LogP contribution >= 0.6 is 0 Å². The molecule has 3 aromatic rings. The van der Waals surface area contributed by atoms with Crippen LogP contribution in [-0.2, 0) is 4.79 Å². The molecule has 1 aromatic heterocycles. The SMILES string of the molecule is O=C(COc1ccc(-c2ccccc2)cc1)N/N=C/c1ccn(C2CCCCC2)c1. The van der Waals surface area contributed by atoms with Crippen molar-refractivity contribution in [3.8, 4) is 16.9 Å². The van der Waals surface area contributed by atoms with Crippen LogP contribution < -0.4 is 10.2 Å². The van der Waals surface area contributed by atoms with E-state index in [0.717, 1.165) is 16.7 Å². The molecule has 0 saturated heterocycles. The summed E-state index contributed by atoms with van der Waals surface area (Å²) < 4.78 is 7.82. The van der Waals surface area contributed by atoms with Crippen LogP contribution in [0.15, 0.2) is 78.2 Å². The van der Waals surface area contributed by atoms with Crippen LogP contribution in [0.1, 0.15) is 43.7 Å². The van der Waals surface area contributed by atoms with Gasteiger partial charge < -0.3 is 9.30 Å². The van der Waals surface area contributed by atoms with Crippen molar-refractivity contribution in [2.24, 2.45) is 5.10 Å². The van der Waals surface area contributed by atoms with Crippen molar-refractivity contribution in [1.29, 1.82) is 0 Å². The molecule has 4 rings (SSSR count). The quantitative estimate of drug-likeness (QED) is 0.438. The summed E-state index contributed by atoms with van der Waals surface area (Å²) in [6.07, 6.45) is 12.3. The Morgan fingerprint density at radius 2 is 1.73 bits per heavy atom. The molecule has 154 valence electrons. The average Bonchev–Trinajstić information content (AvgIpc) is 3.28. The maximum absolute atomic E-state index is 12.0. The second-order valence-electron chi connectivity index (χ2n) is 7.66. The van der Waals surface area contributed by atoms with E-state index in [4.69, 9.17) is 4.74 Å². The summed E-state index contributed by atoms with van der Waals surface area (Å²) in [5, 5.41) is 4.05. The van der Waals surface area contributed by atoms with Gasteiger partial charge >= 0.3 is 0 Å². The molecule has 0 aliphatic heterocycles. The predicted octanol–water partition coefficient (Wildman–Crippen LogP) is 5.19. The number of hydrazone groups is 1. The number of hydrogen-bond acceptors (Lipinski definition) is 3. The van der Waals surface area contributed by atoms with Crippen LogP contribution in [0.3, 0.4) is 0 Å². The first-order valence-electron chi connectivity index (χ1n) is 10.6. The van der Waals surface area contributed by atoms with E-state index in [1.807, 2.05) is 48.5 Å². The van der Waals surface area contributed by atoms with Gasteiger partial charge in [0.25, 0.3) is 5.91 Å². The van der Waals surface area contributed by atoms with Gasteiger partial charge in [0.15, 0.2) is 6.61 Å². The number of amides is 1. The Labute approximate surface area is 177 Å². The van der Waals surface area contributed by atoms with Gasteiger partial charge in [-0.3, -0.25) is 4.79 Å². The second kappa shape index (κ2) is 9.92. The van der Waals surface area contributed by atoms with E-state index in [1.54, 1.807) is 6.21 Å². The highest BCUT2D eigenvalue weighted by molar-refractivity contribution is 5.82. The summed E-state index contributed by atoms with van der Waals surface area (Å²) in [6, 6.07) is 20.5. The first kappa shape index (κ1) is 20.0. The Morgan fingerprint density at radius 1 is 1.00 bits per heavy atom. The molecule has 5 nitrogen and oxygen atoms in total. The molecule has 2 aromatic carbocycles. The average molecular weight is 402 g/mol. The summed E-state index contributed by atoms with van der Waals surface area (Å²) >= 11 is 0. The molecule has 0 atom stereocenters. The fourth-order valence-electron chi connectivity index (χ4n) is 3.85. The number of aromatic nitrogens is 1. The normalized spacial score (nSPS) is 14.7. The number of carbonyl (C=O) groups is 1. The van der Waals surface area contributed by atoms with Crippen LogP contribution in [0.25, 0.3) is 11.1 Å². The molecule has 1 fully saturated rings. The molecule has 0 spiro atoms. The van der Waals surface area contributed by atoms with Crippen molar-refractivity contribution in [3.63, 3.8) is 0 Å². The third kappa shape index (κ3) is 5.38. The summed E-state index contributed by atoms with van der Waals surface area (Å²) in [4.78, 5) is 12.0. The largest absolute Gasteiger partial charge is 0.484 e. The van der Waals surface area contributed by atoms with Crippen molar-refractivity contribution in [2.45, 2.75) is 38.1 Å². The van der Waals surface area contributed by atoms with Crippen molar-refractivity contribution in [1.82, 2.24) is 9.99 Å². The zero-order chi connectivity index (χ0) is 20.6. The fourth-order valence-corrected chi connectivity index (χ4v) is 3.85. The molecule has 30 heavy (non-hydrogen) atoms. The van der Waals surface area contributed by atoms with Crippen molar-refractivity contribution in [3.05, 3.63) is 78.6 Å². The monoisotopic (exact) mass is 401 g/mol. The zero-order valence-electron chi connectivity index (χ0n) is 17.0. The second-order valence-corrected chi connectivity index (χ2v) is 7.66. The van der Waals surface area contributed by atoms with Crippen molar-refractivity contribution in [2.75, 3.05) is 6.61 Å². The number of hydrogen-bond donors (Lipinski definition) is 1. The van der Waals surface area contributed by atoms with E-state index in [-0.39, 0.29) is 12.5 Å². The molecule has 1 heterocycles. The van der Waals surface area contributed by atoms with Crippen molar-refractivity contribution >= 4 is 12.1 Å². The molecule has 1 aliphatic carbocycles. The van der Waals surface area contributed by atoms with Crippen LogP contribution in [0.2, 0.25) is 0 Å². The van der Waals surface area contributed by atoms with Crippen LogP contribution in [0, 0.1) is 0 Å². The van der Waals surface area contributed by atoms with Gasteiger partial charge in [-0.2, -0.15) is 5.10 Å². The van der Waals surface area contributed by atoms with Gasteiger partial charge in [0.2, 0.25) is 0 Å². The highest BCUT2D eigenvalue weighted by Crippen LogP contribution is 2.28. The minimum absolute atomic E-state index is 0.0783. The number of benzene rings is 2. The molecular formula is C25H27N3O2. The third-order valence-corrected chi connectivity index (χ3v) is 5.47. The Kier molecular flexibility index (Phi) is 6.60. The van der Waals surface area contributed by atoms with Gasteiger partial charge in [-0.05, 0) is 42.2 Å². The van der Waals surface area contributed by atoms with E-state index < -0.39 is 0 Å². The van der Waals surface area contributed by atoms with Crippen LogP contribution in [0.5, 0.6) is 5.75 Å². The molecule has 1 aliphatic rings. The maximum Gasteiger partial charge on any atom is 0.277 e. The Hall–Kier alpha value is -3.34. The number of nitrogens with one attached hydrogen (secondary N) is 1. The Bertz CT molecular complexity index is 971. The zero-order valence-corrected chi connectivity index (χ0v) is 17.0. The standard InChI is InChI=1S/C25H27N3O2/c29-25(19-30-24-13-11-22(12-14-24)21-7-3-1-4-8-21)27-26-17-20-15-16-28(18-20)23-9-5-2-6-10-23/h1,3-4,7-8,11-18,23H,2,5-6,9-10,19H2,(H,27,29)/b26-17+. The number of carbonyl (C=O) groups excluding carboxylic acids is 1. The van der Waals surface area contributed by atoms with Gasteiger partial charge in [0.05, 0.1) is 6.21 Å². The number of nitrogens with zero attached hydrogens (tertiary/aromatic N) is 2. The van der Waals surface area contributed by atoms with Gasteiger partial charge in [0.1, 0.15) is 5.75 Å². The summed E-state index contributed by atoms with van der Waals surface area (Å²) in [7, 11) is 0. The van der Waals surface area contributed by atoms with E-state index in [2.05, 4.69) is 39.6 Å². The van der Waals surface area contributed by atoms with E-state index in [1.165, 1.54) is 32.1 Å². The molecule has 1 amide bonds. The smallest absolute Gasteiger partial charge is 0.277 e. The maximum atomic E-state index is 12.0. The molecule has 0 radical (unpaired) electrons. The number of rotatable bonds is 7. The van der Waals surface area contributed by atoms with Crippen LogP contribution in [-0.4, -0.2) is 23.3 Å². The minimum atomic E-state index is -0.287. The Morgan fingerprint density at radius 3 is 2.50 bits per heavy atom. The van der Waals surface area contributed by atoms with Gasteiger partial charge in [-0.25, -0.2) is 5.43 Å². The van der Waals surface area contributed by atoms with Crippen molar-refractivity contribution < 1.29 is 9.53 Å². The molecule has 0 bridgehead atoms. The Balaban J connectivity index is 1.23. The molecule has 1 saturated carbocycles. The van der Waals surface area contributed by atoms with E-state index in [9.17, 15) is 4.79 Å². The fraction of sp³-hybridized carbons (Fsp3) is 0.280. The lowest BCUT2D eigenvalue weighted by molar-refractivity contribution is -0.123. The lowest BCUT2D eigenvalue weighted by Crippen LogP contribution is -2.24. The molecule has 0 unspecified atom stereocenters. The van der Waals surface area contributed by atoms with E-state index in [0.29, 0.717) is 11.8 Å². The highest BCUT2D eigenvalue weighted by atomic mass is 16.5. The van der Waals surface area contributed by atoms with Gasteiger partial charge in [-0.1, -0.05) is 61.7 Å². The number of ether oxygens (including phenoxy) is 1. The summed E-state index contributed by atoms with van der Waals surface area (Å²) in [5.74, 6) is 0.364. The molecule has 1 N–H and O–H groups in total. The van der Waals surface area contributed by atoms with E-state index >= 15 is 0 Å². The first-order chi connectivity index (χ1) is 14.8. The van der Waals surface area contributed by atoms with Crippen LogP contribution in [0.4, 0.5) is 0 Å². The van der Waals surface area contributed by atoms with Gasteiger partial charge in [0, 0.05) is 24.0 Å². The molecular weight excluding hydrogens is 374 g/mol. The topological polar surface area (TPSA) is 55.6 Å². The first-order valence-corrected chi connectivity index (χ1v) is 10.6. The third-order valence-electron chi connectivity index (χ3n) is 5.47. The summed E-state index contributed by atoms with van der Waals surface area (Å²) in [5.41, 5.74) is 5.76. The lowest BCUT2D eigenvalue weighted by Gasteiger charge is -2.23. The predicted molar refractivity (Wildman–Crippen MR) is 120 cm³/mol.